The van der Waals surface area contributed by atoms with Crippen molar-refractivity contribution in [2.75, 3.05) is 25.5 Å². The molecule has 0 saturated carbocycles. The van der Waals surface area contributed by atoms with E-state index in [1.165, 1.54) is 24.2 Å². The molecule has 0 radical (unpaired) electrons. The number of methoxy groups -OCH3 is 1. The molecule has 1 aliphatic rings. The van der Waals surface area contributed by atoms with Gasteiger partial charge >= 0.3 is 0 Å². The molecular formula is C24H30N4O4S. The molecule has 3 heterocycles. The van der Waals surface area contributed by atoms with E-state index >= 15 is 0 Å². The average Bonchev–Trinajstić information content (AvgIpc) is 3.39. The topological polar surface area (TPSA) is 89.7 Å². The van der Waals surface area contributed by atoms with Crippen LogP contribution in [0.1, 0.15) is 52.8 Å². The fourth-order valence-electron chi connectivity index (χ4n) is 3.84. The summed E-state index contributed by atoms with van der Waals surface area (Å²) >= 11 is 1.44. The van der Waals surface area contributed by atoms with Gasteiger partial charge in [-0.1, -0.05) is 12.1 Å². The van der Waals surface area contributed by atoms with Crippen molar-refractivity contribution < 1.29 is 18.8 Å². The highest BCUT2D eigenvalue weighted by Gasteiger charge is 2.18. The molecule has 1 amide bonds. The molecule has 1 fully saturated rings. The zero-order chi connectivity index (χ0) is 23.4. The quantitative estimate of drug-likeness (QED) is 0.505. The van der Waals surface area contributed by atoms with Crippen LogP contribution in [-0.2, 0) is 13.2 Å². The Balaban J connectivity index is 1.37. The maximum absolute atomic E-state index is 12.8. The van der Waals surface area contributed by atoms with Crippen molar-refractivity contribution in [2.24, 2.45) is 5.92 Å². The number of hydrogen-bond donors (Lipinski definition) is 1. The number of aryl methyl sites for hydroxylation is 2. The van der Waals surface area contributed by atoms with E-state index in [1.54, 1.807) is 25.3 Å². The summed E-state index contributed by atoms with van der Waals surface area (Å²) in [6.45, 7) is 9.36. The summed E-state index contributed by atoms with van der Waals surface area (Å²) in [4.78, 5) is 19.8. The highest BCUT2D eigenvalue weighted by Crippen LogP contribution is 2.30. The standard InChI is InChI=1S/C24H30N4O4S/c1-15-7-9-28(10-8-15)12-19-14-33-24(25-19)26-23(29)18-5-6-21(22(11-18)30-4)31-13-20-16(2)27-32-17(20)3/h5-6,11,14-15H,7-10,12-13H2,1-4H3,(H,25,26,29). The lowest BCUT2D eigenvalue weighted by Gasteiger charge is -2.29. The molecule has 0 bridgehead atoms. The third-order valence-electron chi connectivity index (χ3n) is 6.01. The van der Waals surface area contributed by atoms with Crippen molar-refractivity contribution in [3.8, 4) is 11.5 Å². The van der Waals surface area contributed by atoms with E-state index in [9.17, 15) is 4.79 Å². The third-order valence-corrected chi connectivity index (χ3v) is 6.82. The van der Waals surface area contributed by atoms with Gasteiger partial charge in [-0.15, -0.1) is 11.3 Å². The zero-order valence-corrected chi connectivity index (χ0v) is 20.3. The Morgan fingerprint density at radius 1 is 1.27 bits per heavy atom. The molecule has 8 nitrogen and oxygen atoms in total. The Labute approximate surface area is 197 Å². The molecule has 9 heteroatoms. The molecule has 0 unspecified atom stereocenters. The molecule has 1 aromatic carbocycles. The van der Waals surface area contributed by atoms with Crippen molar-refractivity contribution in [3.63, 3.8) is 0 Å². The lowest BCUT2D eigenvalue weighted by Crippen LogP contribution is -2.32. The first-order valence-electron chi connectivity index (χ1n) is 11.1. The number of carbonyl (C=O) groups excluding carboxylic acids is 1. The lowest BCUT2D eigenvalue weighted by molar-refractivity contribution is 0.102. The van der Waals surface area contributed by atoms with Crippen LogP contribution < -0.4 is 14.8 Å². The van der Waals surface area contributed by atoms with Crippen LogP contribution in [0, 0.1) is 19.8 Å². The zero-order valence-electron chi connectivity index (χ0n) is 19.5. The van der Waals surface area contributed by atoms with Crippen LogP contribution in [0.25, 0.3) is 0 Å². The molecule has 1 N–H and O–H groups in total. The maximum atomic E-state index is 12.8. The molecule has 4 rings (SSSR count). The first-order valence-corrected chi connectivity index (χ1v) is 12.0. The molecule has 33 heavy (non-hydrogen) atoms. The number of rotatable bonds is 8. The molecule has 0 aliphatic carbocycles. The van der Waals surface area contributed by atoms with Crippen molar-refractivity contribution in [1.29, 1.82) is 0 Å². The SMILES string of the molecule is COc1cc(C(=O)Nc2nc(CN3CCC(C)CC3)cs2)ccc1OCc1c(C)noc1C. The van der Waals surface area contributed by atoms with E-state index < -0.39 is 0 Å². The number of piperidine rings is 1. The number of hydrogen-bond acceptors (Lipinski definition) is 8. The second kappa shape index (κ2) is 10.4. The number of likely N-dealkylation sites (tertiary alicyclic amines) is 1. The number of carbonyl (C=O) groups is 1. The predicted octanol–water partition coefficient (Wildman–Crippen LogP) is 4.82. The van der Waals surface area contributed by atoms with Gasteiger partial charge in [0.25, 0.3) is 5.91 Å². The second-order valence-corrected chi connectivity index (χ2v) is 9.37. The van der Waals surface area contributed by atoms with Crippen LogP contribution in [0.2, 0.25) is 0 Å². The van der Waals surface area contributed by atoms with Crippen LogP contribution >= 0.6 is 11.3 Å². The number of ether oxygens (including phenoxy) is 2. The van der Waals surface area contributed by atoms with Gasteiger partial charge in [0.15, 0.2) is 16.6 Å². The number of amides is 1. The smallest absolute Gasteiger partial charge is 0.257 e. The van der Waals surface area contributed by atoms with E-state index in [4.69, 9.17) is 14.0 Å². The van der Waals surface area contributed by atoms with Crippen molar-refractivity contribution in [3.05, 3.63) is 51.9 Å². The first-order chi connectivity index (χ1) is 15.9. The van der Waals surface area contributed by atoms with Gasteiger partial charge in [-0.2, -0.15) is 0 Å². The van der Waals surface area contributed by atoms with E-state index in [-0.39, 0.29) is 5.91 Å². The number of nitrogens with one attached hydrogen (secondary N) is 1. The lowest BCUT2D eigenvalue weighted by atomic mass is 9.99. The van der Waals surface area contributed by atoms with Crippen LogP contribution in [0.3, 0.4) is 0 Å². The summed E-state index contributed by atoms with van der Waals surface area (Å²) in [6, 6.07) is 5.11. The van der Waals surface area contributed by atoms with Crippen LogP contribution in [0.15, 0.2) is 28.1 Å². The molecule has 1 saturated heterocycles. The maximum Gasteiger partial charge on any atom is 0.257 e. The molecule has 2 aromatic heterocycles. The van der Waals surface area contributed by atoms with Crippen LogP contribution in [0.5, 0.6) is 11.5 Å². The minimum Gasteiger partial charge on any atom is -0.493 e. The third kappa shape index (κ3) is 5.72. The van der Waals surface area contributed by atoms with E-state index in [0.717, 1.165) is 48.3 Å². The normalized spacial score (nSPS) is 14.9. The van der Waals surface area contributed by atoms with E-state index in [1.807, 2.05) is 19.2 Å². The highest BCUT2D eigenvalue weighted by molar-refractivity contribution is 7.14. The molecular weight excluding hydrogens is 440 g/mol. The van der Waals surface area contributed by atoms with Gasteiger partial charge in [0, 0.05) is 17.5 Å². The van der Waals surface area contributed by atoms with Crippen molar-refractivity contribution >= 4 is 22.4 Å². The Hall–Kier alpha value is -2.91. The minimum atomic E-state index is -0.238. The Bertz CT molecular complexity index is 1080. The predicted molar refractivity (Wildman–Crippen MR) is 127 cm³/mol. The largest absolute Gasteiger partial charge is 0.493 e. The average molecular weight is 471 g/mol. The molecule has 176 valence electrons. The highest BCUT2D eigenvalue weighted by atomic mass is 32.1. The summed E-state index contributed by atoms with van der Waals surface area (Å²) in [5, 5.41) is 9.44. The molecule has 1 aliphatic heterocycles. The Morgan fingerprint density at radius 3 is 2.76 bits per heavy atom. The van der Waals surface area contributed by atoms with Crippen molar-refractivity contribution in [2.45, 2.75) is 46.8 Å². The summed E-state index contributed by atoms with van der Waals surface area (Å²) in [7, 11) is 1.55. The van der Waals surface area contributed by atoms with Gasteiger partial charge in [-0.25, -0.2) is 4.98 Å². The fourth-order valence-corrected chi connectivity index (χ4v) is 4.54. The number of aromatic nitrogens is 2. The Kier molecular flexibility index (Phi) is 7.29. The number of benzene rings is 1. The number of thiazole rings is 1. The van der Waals surface area contributed by atoms with Crippen molar-refractivity contribution in [1.82, 2.24) is 15.0 Å². The van der Waals surface area contributed by atoms with Gasteiger partial charge in [0.1, 0.15) is 12.4 Å². The van der Waals surface area contributed by atoms with E-state index in [0.29, 0.717) is 28.8 Å². The van der Waals surface area contributed by atoms with Gasteiger partial charge in [0.05, 0.1) is 24.1 Å². The number of anilines is 1. The van der Waals surface area contributed by atoms with Gasteiger partial charge < -0.3 is 14.0 Å². The van der Waals surface area contributed by atoms with Gasteiger partial charge in [-0.05, 0) is 63.9 Å². The summed E-state index contributed by atoms with van der Waals surface area (Å²) in [6.07, 6.45) is 2.46. The minimum absolute atomic E-state index is 0.238. The van der Waals surface area contributed by atoms with Crippen LogP contribution in [-0.4, -0.2) is 41.1 Å². The van der Waals surface area contributed by atoms with Gasteiger partial charge in [-0.3, -0.25) is 15.0 Å². The Morgan fingerprint density at radius 2 is 2.06 bits per heavy atom. The fraction of sp³-hybridized carbons (Fsp3) is 0.458. The first kappa shape index (κ1) is 23.3. The molecule has 3 aromatic rings. The monoisotopic (exact) mass is 470 g/mol. The van der Waals surface area contributed by atoms with Gasteiger partial charge in [0.2, 0.25) is 0 Å². The van der Waals surface area contributed by atoms with Crippen LogP contribution in [0.4, 0.5) is 5.13 Å². The summed E-state index contributed by atoms with van der Waals surface area (Å²) in [5.74, 6) is 2.31. The molecule has 0 atom stereocenters. The molecule has 0 spiro atoms. The number of nitrogens with zero attached hydrogens (tertiary/aromatic N) is 3. The summed E-state index contributed by atoms with van der Waals surface area (Å²) < 4.78 is 16.5. The summed E-state index contributed by atoms with van der Waals surface area (Å²) in [5.41, 5.74) is 3.15. The second-order valence-electron chi connectivity index (χ2n) is 8.51. The van der Waals surface area contributed by atoms with E-state index in [2.05, 4.69) is 27.3 Å².